The first kappa shape index (κ1) is 14.9. The van der Waals surface area contributed by atoms with Gasteiger partial charge < -0.3 is 16.4 Å². The quantitative estimate of drug-likeness (QED) is 0.698. The monoisotopic (exact) mass is 275 g/mol. The van der Waals surface area contributed by atoms with Crippen molar-refractivity contribution in [2.24, 2.45) is 11.7 Å². The number of carbonyl (C=O) groups excluding carboxylic acids is 1. The maximum Gasteiger partial charge on any atom is 0.316 e. The molecule has 0 atom stereocenters. The summed E-state index contributed by atoms with van der Waals surface area (Å²) in [5.74, 6) is 0.898. The molecule has 1 aliphatic carbocycles. The van der Waals surface area contributed by atoms with Crippen molar-refractivity contribution in [3.63, 3.8) is 0 Å². The topological polar surface area (TPSA) is 67.2 Å². The molecule has 1 aliphatic rings. The average molecular weight is 275 g/mol. The maximum atomic E-state index is 10.9. The Morgan fingerprint density at radius 2 is 1.95 bits per heavy atom. The van der Waals surface area contributed by atoms with E-state index >= 15 is 0 Å². The van der Waals surface area contributed by atoms with Crippen molar-refractivity contribution in [3.8, 4) is 0 Å². The van der Waals surface area contributed by atoms with Crippen LogP contribution in [0.3, 0.4) is 0 Å². The Balaban J connectivity index is 1.74. The molecule has 0 radical (unpaired) electrons. The molecule has 0 heterocycles. The third-order valence-electron chi connectivity index (χ3n) is 4.04. The SMILES string of the molecule is NC(=O)Nc1ccccc1CNCCC1CCCCC1. The van der Waals surface area contributed by atoms with E-state index in [2.05, 4.69) is 10.6 Å². The van der Waals surface area contributed by atoms with Crippen LogP contribution >= 0.6 is 0 Å². The van der Waals surface area contributed by atoms with Gasteiger partial charge in [-0.2, -0.15) is 0 Å². The third-order valence-corrected chi connectivity index (χ3v) is 4.04. The number of benzene rings is 1. The molecule has 0 aliphatic heterocycles. The average Bonchev–Trinajstić information content (AvgIpc) is 2.46. The lowest BCUT2D eigenvalue weighted by Crippen LogP contribution is -2.22. The fourth-order valence-corrected chi connectivity index (χ4v) is 2.93. The minimum Gasteiger partial charge on any atom is -0.351 e. The van der Waals surface area contributed by atoms with Crippen LogP contribution < -0.4 is 16.4 Å². The summed E-state index contributed by atoms with van der Waals surface area (Å²) in [5, 5.41) is 6.13. The Bertz CT molecular complexity index is 427. The number of urea groups is 1. The highest BCUT2D eigenvalue weighted by Crippen LogP contribution is 2.25. The van der Waals surface area contributed by atoms with Crippen LogP contribution in [0.1, 0.15) is 44.1 Å². The molecule has 1 aromatic carbocycles. The van der Waals surface area contributed by atoms with Gasteiger partial charge in [-0.05, 0) is 30.5 Å². The molecule has 1 saturated carbocycles. The molecule has 0 saturated heterocycles. The zero-order valence-corrected chi connectivity index (χ0v) is 12.0. The van der Waals surface area contributed by atoms with Gasteiger partial charge in [0.15, 0.2) is 0 Å². The summed E-state index contributed by atoms with van der Waals surface area (Å²) in [4.78, 5) is 10.9. The van der Waals surface area contributed by atoms with Crippen LogP contribution in [0.25, 0.3) is 0 Å². The zero-order chi connectivity index (χ0) is 14.2. The number of amides is 2. The molecule has 2 rings (SSSR count). The molecule has 20 heavy (non-hydrogen) atoms. The van der Waals surface area contributed by atoms with Crippen molar-refractivity contribution >= 4 is 11.7 Å². The van der Waals surface area contributed by atoms with E-state index in [4.69, 9.17) is 5.73 Å². The summed E-state index contributed by atoms with van der Waals surface area (Å²) in [6.45, 7) is 1.80. The molecule has 4 heteroatoms. The molecule has 4 N–H and O–H groups in total. The zero-order valence-electron chi connectivity index (χ0n) is 12.0. The molecular weight excluding hydrogens is 250 g/mol. The molecule has 0 unspecified atom stereocenters. The van der Waals surface area contributed by atoms with Gasteiger partial charge in [-0.1, -0.05) is 50.3 Å². The van der Waals surface area contributed by atoms with Gasteiger partial charge in [-0.25, -0.2) is 4.79 Å². The predicted octanol–water partition coefficient (Wildman–Crippen LogP) is 3.24. The van der Waals surface area contributed by atoms with Crippen molar-refractivity contribution in [1.29, 1.82) is 0 Å². The second kappa shape index (κ2) is 7.90. The van der Waals surface area contributed by atoms with Crippen LogP contribution in [0.5, 0.6) is 0 Å². The predicted molar refractivity (Wildman–Crippen MR) is 82.5 cm³/mol. The van der Waals surface area contributed by atoms with Gasteiger partial charge in [0, 0.05) is 12.2 Å². The fourth-order valence-electron chi connectivity index (χ4n) is 2.93. The molecule has 1 fully saturated rings. The number of carbonyl (C=O) groups is 1. The van der Waals surface area contributed by atoms with Crippen molar-refractivity contribution in [2.45, 2.75) is 45.1 Å². The van der Waals surface area contributed by atoms with Gasteiger partial charge in [0.05, 0.1) is 0 Å². The van der Waals surface area contributed by atoms with Gasteiger partial charge in [0.25, 0.3) is 0 Å². The highest BCUT2D eigenvalue weighted by Gasteiger charge is 2.12. The molecule has 1 aromatic rings. The lowest BCUT2D eigenvalue weighted by molar-refractivity contribution is 0.259. The molecule has 0 spiro atoms. The van der Waals surface area contributed by atoms with E-state index in [0.717, 1.165) is 30.3 Å². The van der Waals surface area contributed by atoms with Crippen LogP contribution in [0, 0.1) is 5.92 Å². The van der Waals surface area contributed by atoms with Crippen molar-refractivity contribution in [3.05, 3.63) is 29.8 Å². The highest BCUT2D eigenvalue weighted by molar-refractivity contribution is 5.88. The second-order valence-electron chi connectivity index (χ2n) is 5.62. The fraction of sp³-hybridized carbons (Fsp3) is 0.562. The van der Waals surface area contributed by atoms with E-state index < -0.39 is 6.03 Å². The Morgan fingerprint density at radius 3 is 2.70 bits per heavy atom. The summed E-state index contributed by atoms with van der Waals surface area (Å²) < 4.78 is 0. The standard InChI is InChI=1S/C16H25N3O/c17-16(20)19-15-9-5-4-8-14(15)12-18-11-10-13-6-2-1-3-7-13/h4-5,8-9,13,18H,1-3,6-7,10-12H2,(H3,17,19,20). The molecule has 0 aromatic heterocycles. The molecule has 0 bridgehead atoms. The Hall–Kier alpha value is -1.55. The van der Waals surface area contributed by atoms with Crippen LogP contribution in [-0.4, -0.2) is 12.6 Å². The third kappa shape index (κ3) is 4.85. The summed E-state index contributed by atoms with van der Waals surface area (Å²) in [6, 6.07) is 7.25. The summed E-state index contributed by atoms with van der Waals surface area (Å²) in [7, 11) is 0. The lowest BCUT2D eigenvalue weighted by Gasteiger charge is -2.21. The van der Waals surface area contributed by atoms with E-state index in [1.165, 1.54) is 38.5 Å². The first-order valence-electron chi connectivity index (χ1n) is 7.61. The van der Waals surface area contributed by atoms with E-state index in [0.29, 0.717) is 0 Å². The maximum absolute atomic E-state index is 10.9. The van der Waals surface area contributed by atoms with E-state index in [-0.39, 0.29) is 0 Å². The van der Waals surface area contributed by atoms with Gasteiger partial charge in [0.2, 0.25) is 0 Å². The number of nitrogens with one attached hydrogen (secondary N) is 2. The molecular formula is C16H25N3O. The van der Waals surface area contributed by atoms with Gasteiger partial charge in [-0.15, -0.1) is 0 Å². The number of para-hydroxylation sites is 1. The van der Waals surface area contributed by atoms with Crippen LogP contribution in [0.15, 0.2) is 24.3 Å². The van der Waals surface area contributed by atoms with Gasteiger partial charge in [-0.3, -0.25) is 0 Å². The van der Waals surface area contributed by atoms with Crippen LogP contribution in [0.4, 0.5) is 10.5 Å². The molecule has 2 amide bonds. The lowest BCUT2D eigenvalue weighted by atomic mass is 9.87. The molecule has 110 valence electrons. The van der Waals surface area contributed by atoms with Gasteiger partial charge in [0.1, 0.15) is 0 Å². The first-order chi connectivity index (χ1) is 9.75. The second-order valence-corrected chi connectivity index (χ2v) is 5.62. The summed E-state index contributed by atoms with van der Waals surface area (Å²) in [6.07, 6.45) is 8.25. The minimum absolute atomic E-state index is 0.514. The number of rotatable bonds is 6. The largest absolute Gasteiger partial charge is 0.351 e. The van der Waals surface area contributed by atoms with E-state index in [1.54, 1.807) is 0 Å². The Morgan fingerprint density at radius 1 is 1.20 bits per heavy atom. The minimum atomic E-state index is -0.514. The highest BCUT2D eigenvalue weighted by atomic mass is 16.2. The number of hydrogen-bond donors (Lipinski definition) is 3. The van der Waals surface area contributed by atoms with Crippen molar-refractivity contribution in [2.75, 3.05) is 11.9 Å². The van der Waals surface area contributed by atoms with Gasteiger partial charge >= 0.3 is 6.03 Å². The normalized spacial score (nSPS) is 16.0. The van der Waals surface area contributed by atoms with E-state index in [9.17, 15) is 4.79 Å². The number of anilines is 1. The van der Waals surface area contributed by atoms with Crippen LogP contribution in [-0.2, 0) is 6.54 Å². The Labute approximate surface area is 121 Å². The molecule has 4 nitrogen and oxygen atoms in total. The first-order valence-corrected chi connectivity index (χ1v) is 7.61. The smallest absolute Gasteiger partial charge is 0.316 e. The van der Waals surface area contributed by atoms with Crippen molar-refractivity contribution < 1.29 is 4.79 Å². The summed E-state index contributed by atoms with van der Waals surface area (Å²) >= 11 is 0. The number of primary amides is 1. The number of nitrogens with two attached hydrogens (primary N) is 1. The van der Waals surface area contributed by atoms with E-state index in [1.807, 2.05) is 24.3 Å². The van der Waals surface area contributed by atoms with Crippen LogP contribution in [0.2, 0.25) is 0 Å². The Kier molecular flexibility index (Phi) is 5.87. The summed E-state index contributed by atoms with van der Waals surface area (Å²) in [5.41, 5.74) is 7.05. The van der Waals surface area contributed by atoms with Crippen molar-refractivity contribution in [1.82, 2.24) is 5.32 Å². The number of hydrogen-bond acceptors (Lipinski definition) is 2.